The zero-order chi connectivity index (χ0) is 10.7. The SMILES string of the molecule is CCCn1nccc1C(O)c1cnsn1. The number of hydrogen-bond donors (Lipinski definition) is 1. The Morgan fingerprint density at radius 2 is 2.47 bits per heavy atom. The van der Waals surface area contributed by atoms with Gasteiger partial charge in [0.25, 0.3) is 0 Å². The van der Waals surface area contributed by atoms with Crippen LogP contribution < -0.4 is 0 Å². The van der Waals surface area contributed by atoms with Crippen molar-refractivity contribution in [3.05, 3.63) is 29.8 Å². The molecule has 5 nitrogen and oxygen atoms in total. The van der Waals surface area contributed by atoms with Crippen LogP contribution in [0.2, 0.25) is 0 Å². The van der Waals surface area contributed by atoms with Crippen molar-refractivity contribution in [2.24, 2.45) is 0 Å². The Kier molecular flexibility index (Phi) is 3.08. The summed E-state index contributed by atoms with van der Waals surface area (Å²) in [6, 6.07) is 1.81. The largest absolute Gasteiger partial charge is 0.380 e. The van der Waals surface area contributed by atoms with Gasteiger partial charge in [0.1, 0.15) is 11.8 Å². The average molecular weight is 224 g/mol. The minimum Gasteiger partial charge on any atom is -0.380 e. The van der Waals surface area contributed by atoms with Crippen LogP contribution in [0.25, 0.3) is 0 Å². The van der Waals surface area contributed by atoms with E-state index in [2.05, 4.69) is 20.8 Å². The number of hydrogen-bond acceptors (Lipinski definition) is 5. The molecule has 0 saturated heterocycles. The topological polar surface area (TPSA) is 63.8 Å². The Balaban J connectivity index is 2.25. The van der Waals surface area contributed by atoms with Gasteiger partial charge in [-0.2, -0.15) is 13.8 Å². The Hall–Kier alpha value is -1.27. The highest BCUT2D eigenvalue weighted by molar-refractivity contribution is 6.99. The minimum atomic E-state index is -0.724. The van der Waals surface area contributed by atoms with Gasteiger partial charge in [-0.25, -0.2) is 0 Å². The normalized spacial score (nSPS) is 12.9. The first-order valence-electron chi connectivity index (χ1n) is 4.80. The van der Waals surface area contributed by atoms with Gasteiger partial charge in [-0.3, -0.25) is 4.68 Å². The molecule has 15 heavy (non-hydrogen) atoms. The molecule has 0 aliphatic rings. The average Bonchev–Trinajstić information content (AvgIpc) is 2.87. The Morgan fingerprint density at radius 1 is 1.60 bits per heavy atom. The maximum Gasteiger partial charge on any atom is 0.140 e. The van der Waals surface area contributed by atoms with E-state index in [4.69, 9.17) is 0 Å². The molecule has 2 aromatic heterocycles. The summed E-state index contributed by atoms with van der Waals surface area (Å²) >= 11 is 1.09. The number of rotatable bonds is 4. The quantitative estimate of drug-likeness (QED) is 0.848. The monoisotopic (exact) mass is 224 g/mol. The predicted octanol–water partition coefficient (Wildman–Crippen LogP) is 1.23. The molecular weight excluding hydrogens is 212 g/mol. The first-order chi connectivity index (χ1) is 7.33. The second-order valence-corrected chi connectivity index (χ2v) is 3.77. The van der Waals surface area contributed by atoms with E-state index >= 15 is 0 Å². The maximum atomic E-state index is 10.0. The first kappa shape index (κ1) is 10.3. The molecule has 0 spiro atoms. The maximum absolute atomic E-state index is 10.0. The minimum absolute atomic E-state index is 0.581. The van der Waals surface area contributed by atoms with E-state index < -0.39 is 6.10 Å². The highest BCUT2D eigenvalue weighted by Crippen LogP contribution is 2.19. The molecule has 0 bridgehead atoms. The van der Waals surface area contributed by atoms with Crippen molar-refractivity contribution < 1.29 is 5.11 Å². The van der Waals surface area contributed by atoms with Crippen molar-refractivity contribution in [1.82, 2.24) is 18.5 Å². The smallest absolute Gasteiger partial charge is 0.140 e. The van der Waals surface area contributed by atoms with Crippen LogP contribution in [0.5, 0.6) is 0 Å². The molecule has 80 valence electrons. The third kappa shape index (κ3) is 2.05. The molecule has 0 amide bonds. The lowest BCUT2D eigenvalue weighted by molar-refractivity contribution is 0.203. The van der Waals surface area contributed by atoms with E-state index in [0.717, 1.165) is 30.4 Å². The van der Waals surface area contributed by atoms with Gasteiger partial charge >= 0.3 is 0 Å². The van der Waals surface area contributed by atoms with Crippen molar-refractivity contribution in [3.8, 4) is 0 Å². The summed E-state index contributed by atoms with van der Waals surface area (Å²) < 4.78 is 9.68. The van der Waals surface area contributed by atoms with Crippen molar-refractivity contribution >= 4 is 11.7 Å². The summed E-state index contributed by atoms with van der Waals surface area (Å²) in [4.78, 5) is 0. The zero-order valence-electron chi connectivity index (χ0n) is 8.37. The third-order valence-corrected chi connectivity index (χ3v) is 2.62. The Bertz CT molecular complexity index is 411. The predicted molar refractivity (Wildman–Crippen MR) is 56.5 cm³/mol. The summed E-state index contributed by atoms with van der Waals surface area (Å²) in [5, 5.41) is 14.2. The van der Waals surface area contributed by atoms with E-state index in [9.17, 15) is 5.11 Å². The van der Waals surface area contributed by atoms with E-state index in [0.29, 0.717) is 5.69 Å². The van der Waals surface area contributed by atoms with Crippen LogP contribution in [-0.4, -0.2) is 23.6 Å². The van der Waals surface area contributed by atoms with Gasteiger partial charge in [0, 0.05) is 12.7 Å². The standard InChI is InChI=1S/C9H12N4OS/c1-2-5-13-8(3-4-10-13)9(14)7-6-11-15-12-7/h3-4,6,9,14H,2,5H2,1H3. The molecule has 0 aromatic carbocycles. The second kappa shape index (κ2) is 4.50. The van der Waals surface area contributed by atoms with Gasteiger partial charge < -0.3 is 5.11 Å². The van der Waals surface area contributed by atoms with Crippen molar-refractivity contribution in [3.63, 3.8) is 0 Å². The van der Waals surface area contributed by atoms with Crippen LogP contribution in [0.1, 0.15) is 30.8 Å². The van der Waals surface area contributed by atoms with E-state index in [1.165, 1.54) is 0 Å². The van der Waals surface area contributed by atoms with Crippen LogP contribution in [0.3, 0.4) is 0 Å². The van der Waals surface area contributed by atoms with Gasteiger partial charge in [-0.05, 0) is 12.5 Å². The molecule has 0 saturated carbocycles. The molecule has 0 aliphatic heterocycles. The molecule has 1 atom stereocenters. The van der Waals surface area contributed by atoms with Crippen LogP contribution in [0.15, 0.2) is 18.5 Å². The van der Waals surface area contributed by atoms with Crippen LogP contribution in [-0.2, 0) is 6.54 Å². The highest BCUT2D eigenvalue weighted by atomic mass is 32.1. The van der Waals surface area contributed by atoms with E-state index in [1.807, 2.05) is 0 Å². The summed E-state index contributed by atoms with van der Waals surface area (Å²) in [7, 11) is 0. The fraction of sp³-hybridized carbons (Fsp3) is 0.444. The molecule has 1 unspecified atom stereocenters. The molecule has 2 heterocycles. The lowest BCUT2D eigenvalue weighted by atomic mass is 10.2. The van der Waals surface area contributed by atoms with Crippen molar-refractivity contribution in [2.45, 2.75) is 26.0 Å². The van der Waals surface area contributed by atoms with Gasteiger partial charge in [-0.15, -0.1) is 0 Å². The van der Waals surface area contributed by atoms with Gasteiger partial charge in [0.15, 0.2) is 0 Å². The fourth-order valence-electron chi connectivity index (χ4n) is 1.42. The Labute approximate surface area is 91.7 Å². The number of aryl methyl sites for hydroxylation is 1. The van der Waals surface area contributed by atoms with Gasteiger partial charge in [0.05, 0.1) is 23.6 Å². The molecule has 1 N–H and O–H groups in total. The van der Waals surface area contributed by atoms with Crippen LogP contribution in [0.4, 0.5) is 0 Å². The number of aliphatic hydroxyl groups excluding tert-OH is 1. The zero-order valence-corrected chi connectivity index (χ0v) is 9.18. The number of nitrogens with zero attached hydrogens (tertiary/aromatic N) is 4. The lowest BCUT2D eigenvalue weighted by Gasteiger charge is -2.10. The number of aromatic nitrogens is 4. The summed E-state index contributed by atoms with van der Waals surface area (Å²) in [5.41, 5.74) is 1.35. The summed E-state index contributed by atoms with van der Waals surface area (Å²) in [6.07, 6.45) is 3.53. The molecule has 2 aromatic rings. The summed E-state index contributed by atoms with van der Waals surface area (Å²) in [6.45, 7) is 2.87. The van der Waals surface area contributed by atoms with E-state index in [1.54, 1.807) is 23.1 Å². The van der Waals surface area contributed by atoms with E-state index in [-0.39, 0.29) is 0 Å². The second-order valence-electron chi connectivity index (χ2n) is 3.21. The van der Waals surface area contributed by atoms with Gasteiger partial charge in [0.2, 0.25) is 0 Å². The van der Waals surface area contributed by atoms with Crippen molar-refractivity contribution in [2.75, 3.05) is 0 Å². The molecule has 6 heteroatoms. The Morgan fingerprint density at radius 3 is 3.13 bits per heavy atom. The molecule has 0 fully saturated rings. The highest BCUT2D eigenvalue weighted by Gasteiger charge is 2.17. The lowest BCUT2D eigenvalue weighted by Crippen LogP contribution is -2.10. The first-order valence-corrected chi connectivity index (χ1v) is 5.53. The fourth-order valence-corrected chi connectivity index (χ4v) is 1.86. The molecule has 2 rings (SSSR count). The van der Waals surface area contributed by atoms with Crippen LogP contribution >= 0.6 is 11.7 Å². The number of aliphatic hydroxyl groups is 1. The molecular formula is C9H12N4OS. The van der Waals surface area contributed by atoms with Crippen molar-refractivity contribution in [1.29, 1.82) is 0 Å². The van der Waals surface area contributed by atoms with Gasteiger partial charge in [-0.1, -0.05) is 6.92 Å². The molecule has 0 radical (unpaired) electrons. The molecule has 0 aliphatic carbocycles. The third-order valence-electron chi connectivity index (χ3n) is 2.12. The summed E-state index contributed by atoms with van der Waals surface area (Å²) in [5.74, 6) is 0. The van der Waals surface area contributed by atoms with Crippen LogP contribution in [0, 0.1) is 0 Å².